The van der Waals surface area contributed by atoms with Crippen molar-refractivity contribution in [1.82, 2.24) is 0 Å². The maximum Gasteiger partial charge on any atom is 0.313 e. The summed E-state index contributed by atoms with van der Waals surface area (Å²) in [6, 6.07) is 9.94. The van der Waals surface area contributed by atoms with Crippen LogP contribution in [0.15, 0.2) is 42.0 Å². The molecule has 21 atom stereocenters. The molecule has 0 spiro atoms. The van der Waals surface area contributed by atoms with Gasteiger partial charge in [-0.1, -0.05) is 90.4 Å². The number of carbonyl (C=O) groups is 1. The van der Waals surface area contributed by atoms with Gasteiger partial charge < -0.3 is 74.0 Å². The fraction of sp³-hybridized carbons (Fsp3) is 0.830. The Kier molecular flexibility index (Phi) is 14.2. The van der Waals surface area contributed by atoms with E-state index in [1.807, 2.05) is 30.3 Å². The molecule has 16 heteroatoms. The van der Waals surface area contributed by atoms with E-state index in [2.05, 4.69) is 54.5 Å². The number of carbonyl (C=O) groups excluding carboxylic acids is 1. The molecule has 0 unspecified atom stereocenters. The SMILES string of the molecule is CC1(C)CC[C@]2(C(=O)OCc3ccccc3)CC[C@]3(C)C(=CC[C@@H]4[C@@]5(C)CC[C@H](O[C@@H]6O[C@H](CO)[C@@H](O[C@@H]7OC[C@H](O)[C@H](O)[C@H]7O)[C@H](O)[C@H]6O[C@@H]6OC[C@H](O)[C@H](O)[C@H]6O)C(C)(C)[C@@H]5CC[C@]43C)[C@@H]2C1. The van der Waals surface area contributed by atoms with E-state index in [9.17, 15) is 45.6 Å². The first-order chi connectivity index (χ1) is 32.5. The van der Waals surface area contributed by atoms with Gasteiger partial charge in [0.25, 0.3) is 0 Å². The molecule has 7 fully saturated rings. The molecule has 69 heavy (non-hydrogen) atoms. The van der Waals surface area contributed by atoms with Gasteiger partial charge >= 0.3 is 5.97 Å². The van der Waals surface area contributed by atoms with E-state index in [1.54, 1.807) is 0 Å². The van der Waals surface area contributed by atoms with Crippen LogP contribution in [-0.2, 0) is 44.6 Å². The van der Waals surface area contributed by atoms with E-state index >= 15 is 0 Å². The number of hydrogen-bond donors (Lipinski definition) is 8. The predicted octanol–water partition coefficient (Wildman–Crippen LogP) is 3.64. The molecule has 3 heterocycles. The van der Waals surface area contributed by atoms with E-state index in [-0.39, 0.29) is 59.3 Å². The third kappa shape index (κ3) is 8.69. The highest BCUT2D eigenvalue weighted by Crippen LogP contribution is 2.76. The molecule has 1 aromatic carbocycles. The van der Waals surface area contributed by atoms with Crippen LogP contribution in [0.2, 0.25) is 0 Å². The Morgan fingerprint density at radius 2 is 1.30 bits per heavy atom. The maximum absolute atomic E-state index is 14.5. The quantitative estimate of drug-likeness (QED) is 0.0948. The third-order valence-electron chi connectivity index (χ3n) is 19.8. The average molecular weight is 973 g/mol. The van der Waals surface area contributed by atoms with Crippen LogP contribution >= 0.6 is 0 Å². The molecule has 9 rings (SSSR count). The Morgan fingerprint density at radius 1 is 0.681 bits per heavy atom. The molecule has 8 N–H and O–H groups in total. The highest BCUT2D eigenvalue weighted by Gasteiger charge is 2.70. The monoisotopic (exact) mass is 973 g/mol. The minimum Gasteiger partial charge on any atom is -0.460 e. The zero-order valence-corrected chi connectivity index (χ0v) is 41.5. The van der Waals surface area contributed by atoms with Crippen molar-refractivity contribution in [3.05, 3.63) is 47.5 Å². The van der Waals surface area contributed by atoms with Crippen molar-refractivity contribution in [2.45, 2.75) is 205 Å². The number of ether oxygens (including phenoxy) is 7. The number of allylic oxidation sites excluding steroid dienone is 2. The van der Waals surface area contributed by atoms with Gasteiger partial charge in [-0.05, 0) is 115 Å². The van der Waals surface area contributed by atoms with Crippen molar-refractivity contribution < 1.29 is 78.8 Å². The van der Waals surface area contributed by atoms with Crippen LogP contribution in [0.5, 0.6) is 0 Å². The zero-order chi connectivity index (χ0) is 49.6. The van der Waals surface area contributed by atoms with Crippen molar-refractivity contribution in [2.75, 3.05) is 19.8 Å². The van der Waals surface area contributed by atoms with Crippen LogP contribution in [0, 0.1) is 50.2 Å². The van der Waals surface area contributed by atoms with E-state index in [0.717, 1.165) is 63.4 Å². The molecule has 1 aromatic rings. The predicted molar refractivity (Wildman–Crippen MR) is 247 cm³/mol. The third-order valence-corrected chi connectivity index (χ3v) is 19.8. The van der Waals surface area contributed by atoms with Gasteiger partial charge in [0.05, 0.1) is 31.3 Å². The van der Waals surface area contributed by atoms with E-state index in [0.29, 0.717) is 12.3 Å². The standard InChI is InChI=1S/C53H80O16/c1-48(2)19-21-53(47(62)65-25-28-11-9-8-10-12-28)22-20-51(6)29(30(53)23-48)13-14-35-50(5)17-16-36(49(3,4)34(50)15-18-52(35,51)7)67-46-43(69-45-40(60)38(58)32(56)27-64-45)41(61)42(33(24-54)66-46)68-44-39(59)37(57)31(55)26-63-44/h8-13,30-46,54-61H,14-27H2,1-7H3/t30-,31-,32-,33+,34-,35+,36-,37-,38-,39+,40+,41-,42+,43+,44-,45-,46-,50-,51+,52+,53-/m0/s1. The Bertz CT molecular complexity index is 2020. The number of fused-ring (bicyclic) bond motifs is 7. The summed E-state index contributed by atoms with van der Waals surface area (Å²) in [5.41, 5.74) is 1.29. The van der Waals surface area contributed by atoms with Gasteiger partial charge in [-0.3, -0.25) is 4.79 Å². The van der Waals surface area contributed by atoms with Crippen molar-refractivity contribution in [1.29, 1.82) is 0 Å². The van der Waals surface area contributed by atoms with Gasteiger partial charge in [0, 0.05) is 0 Å². The fourth-order valence-corrected chi connectivity index (χ4v) is 15.4. The first kappa shape index (κ1) is 51.8. The van der Waals surface area contributed by atoms with Gasteiger partial charge in [-0.15, -0.1) is 0 Å². The Morgan fingerprint density at radius 3 is 1.94 bits per heavy atom. The highest BCUT2D eigenvalue weighted by molar-refractivity contribution is 5.79. The van der Waals surface area contributed by atoms with Gasteiger partial charge in [0.15, 0.2) is 18.9 Å². The van der Waals surface area contributed by atoms with Crippen LogP contribution in [0.1, 0.15) is 118 Å². The van der Waals surface area contributed by atoms with Gasteiger partial charge in [0.1, 0.15) is 67.6 Å². The number of hydrogen-bond acceptors (Lipinski definition) is 16. The summed E-state index contributed by atoms with van der Waals surface area (Å²) < 4.78 is 42.9. The minimum atomic E-state index is -1.72. The molecule has 16 nitrogen and oxygen atoms in total. The first-order valence-corrected chi connectivity index (χ1v) is 25.7. The zero-order valence-electron chi connectivity index (χ0n) is 41.5. The van der Waals surface area contributed by atoms with Crippen LogP contribution in [0.4, 0.5) is 0 Å². The Balaban J connectivity index is 0.966. The van der Waals surface area contributed by atoms with Crippen LogP contribution in [-0.4, -0.2) is 153 Å². The smallest absolute Gasteiger partial charge is 0.313 e. The summed E-state index contributed by atoms with van der Waals surface area (Å²) in [4.78, 5) is 14.5. The number of esters is 1. The molecule has 0 bridgehead atoms. The molecule has 0 amide bonds. The number of benzene rings is 1. The first-order valence-electron chi connectivity index (χ1n) is 25.7. The summed E-state index contributed by atoms with van der Waals surface area (Å²) in [6.45, 7) is 15.5. The molecular weight excluding hydrogens is 893 g/mol. The van der Waals surface area contributed by atoms with Gasteiger partial charge in [0.2, 0.25) is 0 Å². The summed E-state index contributed by atoms with van der Waals surface area (Å²) >= 11 is 0. The summed E-state index contributed by atoms with van der Waals surface area (Å²) in [7, 11) is 0. The van der Waals surface area contributed by atoms with E-state index < -0.39 is 103 Å². The molecule has 3 aliphatic heterocycles. The largest absolute Gasteiger partial charge is 0.460 e. The molecule has 3 saturated heterocycles. The van der Waals surface area contributed by atoms with Crippen molar-refractivity contribution >= 4 is 5.97 Å². The molecular formula is C53H80O16. The minimum absolute atomic E-state index is 0.0462. The summed E-state index contributed by atoms with van der Waals surface area (Å²) in [5.74, 6) is 0.601. The number of aliphatic hydroxyl groups is 8. The van der Waals surface area contributed by atoms with E-state index in [4.69, 9.17) is 33.2 Å². The lowest BCUT2D eigenvalue weighted by atomic mass is 9.33. The van der Waals surface area contributed by atoms with Crippen LogP contribution in [0.3, 0.4) is 0 Å². The van der Waals surface area contributed by atoms with Crippen LogP contribution < -0.4 is 0 Å². The molecule has 388 valence electrons. The second-order valence-electron chi connectivity index (χ2n) is 24.3. The number of rotatable bonds is 10. The Hall–Kier alpha value is -2.13. The lowest BCUT2D eigenvalue weighted by Crippen LogP contribution is -2.67. The van der Waals surface area contributed by atoms with Crippen molar-refractivity contribution in [3.63, 3.8) is 0 Å². The molecule has 8 aliphatic rings. The molecule has 4 saturated carbocycles. The maximum atomic E-state index is 14.5. The molecule has 5 aliphatic carbocycles. The van der Waals surface area contributed by atoms with Gasteiger partial charge in [-0.25, -0.2) is 0 Å². The highest BCUT2D eigenvalue weighted by atomic mass is 16.8. The fourth-order valence-electron chi connectivity index (χ4n) is 15.4. The Labute approximate surface area is 406 Å². The van der Waals surface area contributed by atoms with Crippen molar-refractivity contribution in [2.24, 2.45) is 50.2 Å². The van der Waals surface area contributed by atoms with E-state index in [1.165, 1.54) is 5.57 Å². The van der Waals surface area contributed by atoms with Crippen LogP contribution in [0.25, 0.3) is 0 Å². The average Bonchev–Trinajstić information content (AvgIpc) is 3.31. The second kappa shape index (κ2) is 19.0. The summed E-state index contributed by atoms with van der Waals surface area (Å²) in [6.07, 6.45) is -8.75. The number of aliphatic hydroxyl groups excluding tert-OH is 8. The molecule has 0 aromatic heterocycles. The lowest BCUT2D eigenvalue weighted by molar-refractivity contribution is -0.387. The summed E-state index contributed by atoms with van der Waals surface area (Å²) in [5, 5.41) is 85.6. The lowest BCUT2D eigenvalue weighted by Gasteiger charge is -2.71. The molecule has 0 radical (unpaired) electrons. The van der Waals surface area contributed by atoms with Crippen molar-refractivity contribution in [3.8, 4) is 0 Å². The second-order valence-corrected chi connectivity index (χ2v) is 24.3. The van der Waals surface area contributed by atoms with Gasteiger partial charge in [-0.2, -0.15) is 0 Å². The normalized spacial score (nSPS) is 49.3. The topological polar surface area (TPSA) is 244 Å².